The first-order valence-electron chi connectivity index (χ1n) is 6.30. The van der Waals surface area contributed by atoms with Gasteiger partial charge in [0.15, 0.2) is 0 Å². The molecule has 0 aliphatic carbocycles. The maximum atomic E-state index is 11.9. The molecule has 1 N–H and O–H groups in total. The van der Waals surface area contributed by atoms with Crippen molar-refractivity contribution < 1.29 is 4.79 Å². The number of nitrogens with one attached hydrogen (secondary N) is 1. The van der Waals surface area contributed by atoms with Crippen molar-refractivity contribution in [2.45, 2.75) is 6.54 Å². The number of amides is 1. The van der Waals surface area contributed by atoms with Crippen LogP contribution in [0, 0.1) is 0 Å². The Morgan fingerprint density at radius 1 is 1.14 bits per heavy atom. The molecule has 7 nitrogen and oxygen atoms in total. The average Bonchev–Trinajstić information content (AvgIpc) is 3.03. The molecular weight excluding hydrogens is 268 g/mol. The number of rotatable bonds is 4. The Morgan fingerprint density at radius 2 is 2.00 bits per heavy atom. The van der Waals surface area contributed by atoms with Crippen LogP contribution in [-0.2, 0) is 6.54 Å². The van der Waals surface area contributed by atoms with Crippen LogP contribution in [0.1, 0.15) is 16.1 Å². The van der Waals surface area contributed by atoms with Crippen molar-refractivity contribution in [2.75, 3.05) is 5.32 Å². The van der Waals surface area contributed by atoms with Gasteiger partial charge in [-0.25, -0.2) is 14.6 Å². The van der Waals surface area contributed by atoms with E-state index in [1.54, 1.807) is 11.0 Å². The molecule has 0 atom stereocenters. The monoisotopic (exact) mass is 280 g/mol. The molecule has 1 aromatic carbocycles. The maximum Gasteiger partial charge on any atom is 0.275 e. The Bertz CT molecular complexity index is 709. The van der Waals surface area contributed by atoms with Gasteiger partial charge in [-0.3, -0.25) is 9.78 Å². The Labute approximate surface area is 120 Å². The number of carbonyl (C=O) groups is 1. The highest BCUT2D eigenvalue weighted by atomic mass is 16.1. The Kier molecular flexibility index (Phi) is 3.64. The summed E-state index contributed by atoms with van der Waals surface area (Å²) >= 11 is 0. The number of hydrogen-bond acceptors (Lipinski definition) is 5. The second-order valence-corrected chi connectivity index (χ2v) is 4.33. The van der Waals surface area contributed by atoms with E-state index < -0.39 is 0 Å². The highest BCUT2D eigenvalue weighted by Gasteiger charge is 2.07. The van der Waals surface area contributed by atoms with Gasteiger partial charge in [-0.15, -0.1) is 0 Å². The van der Waals surface area contributed by atoms with Crippen LogP contribution in [0.15, 0.2) is 55.5 Å². The van der Waals surface area contributed by atoms with Crippen LogP contribution in [0.4, 0.5) is 5.69 Å². The topological polar surface area (TPSA) is 85.6 Å². The Morgan fingerprint density at radius 3 is 2.67 bits per heavy atom. The van der Waals surface area contributed by atoms with Crippen molar-refractivity contribution in [1.82, 2.24) is 24.7 Å². The van der Waals surface area contributed by atoms with E-state index in [1.165, 1.54) is 24.9 Å². The first-order chi connectivity index (χ1) is 10.3. The standard InChI is InChI=1S/C14H12N6O/c21-14(13-7-15-5-6-17-13)19-12-3-1-11(2-4-12)8-20-10-16-9-18-20/h1-7,9-10H,8H2,(H,19,21). The minimum absolute atomic E-state index is 0.282. The summed E-state index contributed by atoms with van der Waals surface area (Å²) in [5.41, 5.74) is 2.05. The summed E-state index contributed by atoms with van der Waals surface area (Å²) < 4.78 is 1.73. The van der Waals surface area contributed by atoms with E-state index in [-0.39, 0.29) is 11.6 Å². The van der Waals surface area contributed by atoms with E-state index in [0.29, 0.717) is 12.2 Å². The molecule has 104 valence electrons. The quantitative estimate of drug-likeness (QED) is 0.780. The number of hydrogen-bond donors (Lipinski definition) is 1. The van der Waals surface area contributed by atoms with Crippen molar-refractivity contribution in [3.8, 4) is 0 Å². The molecule has 21 heavy (non-hydrogen) atoms. The number of aromatic nitrogens is 5. The predicted molar refractivity (Wildman–Crippen MR) is 75.6 cm³/mol. The van der Waals surface area contributed by atoms with E-state index in [1.807, 2.05) is 24.3 Å². The molecule has 7 heteroatoms. The van der Waals surface area contributed by atoms with Crippen LogP contribution in [-0.4, -0.2) is 30.6 Å². The number of anilines is 1. The summed E-state index contributed by atoms with van der Waals surface area (Å²) in [7, 11) is 0. The van der Waals surface area contributed by atoms with Gasteiger partial charge in [-0.2, -0.15) is 5.10 Å². The third-order valence-corrected chi connectivity index (χ3v) is 2.82. The fourth-order valence-corrected chi connectivity index (χ4v) is 1.81. The summed E-state index contributed by atoms with van der Waals surface area (Å²) in [6.07, 6.45) is 7.58. The van der Waals surface area contributed by atoms with Gasteiger partial charge < -0.3 is 5.32 Å². The first kappa shape index (κ1) is 12.9. The van der Waals surface area contributed by atoms with E-state index in [4.69, 9.17) is 0 Å². The maximum absolute atomic E-state index is 11.9. The third kappa shape index (κ3) is 3.27. The molecule has 2 aromatic heterocycles. The second kappa shape index (κ2) is 5.91. The van der Waals surface area contributed by atoms with Crippen molar-refractivity contribution in [2.24, 2.45) is 0 Å². The largest absolute Gasteiger partial charge is 0.321 e. The predicted octanol–water partition coefficient (Wildman–Crippen LogP) is 1.37. The molecule has 0 unspecified atom stereocenters. The smallest absolute Gasteiger partial charge is 0.275 e. The lowest BCUT2D eigenvalue weighted by Crippen LogP contribution is -2.13. The lowest BCUT2D eigenvalue weighted by molar-refractivity contribution is 0.102. The molecule has 0 aliphatic rings. The lowest BCUT2D eigenvalue weighted by atomic mass is 10.2. The van der Waals surface area contributed by atoms with Gasteiger partial charge in [0.25, 0.3) is 5.91 Å². The fraction of sp³-hybridized carbons (Fsp3) is 0.0714. The molecule has 1 amide bonds. The molecule has 3 aromatic rings. The lowest BCUT2D eigenvalue weighted by Gasteiger charge is -2.06. The molecule has 0 saturated carbocycles. The van der Waals surface area contributed by atoms with E-state index >= 15 is 0 Å². The SMILES string of the molecule is O=C(Nc1ccc(Cn2cncn2)cc1)c1cnccn1. The third-order valence-electron chi connectivity index (χ3n) is 2.82. The van der Waals surface area contributed by atoms with Gasteiger partial charge >= 0.3 is 0 Å². The highest BCUT2D eigenvalue weighted by Crippen LogP contribution is 2.11. The summed E-state index contributed by atoms with van der Waals surface area (Å²) in [6, 6.07) is 7.52. The van der Waals surface area contributed by atoms with Gasteiger partial charge in [0.05, 0.1) is 12.7 Å². The second-order valence-electron chi connectivity index (χ2n) is 4.33. The van der Waals surface area contributed by atoms with Crippen molar-refractivity contribution in [3.05, 3.63) is 66.8 Å². The normalized spacial score (nSPS) is 10.3. The minimum atomic E-state index is -0.285. The van der Waals surface area contributed by atoms with Crippen LogP contribution in [0.5, 0.6) is 0 Å². The summed E-state index contributed by atoms with van der Waals surface area (Å²) in [5.74, 6) is -0.285. The number of benzene rings is 1. The molecular formula is C14H12N6O. The summed E-state index contributed by atoms with van der Waals surface area (Å²) in [4.78, 5) is 23.6. The molecule has 0 radical (unpaired) electrons. The zero-order chi connectivity index (χ0) is 14.5. The number of carbonyl (C=O) groups excluding carboxylic acids is 1. The Balaban J connectivity index is 1.66. The van der Waals surface area contributed by atoms with Gasteiger partial charge in [0, 0.05) is 18.1 Å². The molecule has 2 heterocycles. The summed E-state index contributed by atoms with van der Waals surface area (Å²) in [6.45, 7) is 0.637. The van der Waals surface area contributed by atoms with E-state index in [0.717, 1.165) is 5.56 Å². The average molecular weight is 280 g/mol. The van der Waals surface area contributed by atoms with Crippen LogP contribution in [0.2, 0.25) is 0 Å². The summed E-state index contributed by atoms with van der Waals surface area (Å²) in [5, 5.41) is 6.81. The van der Waals surface area contributed by atoms with Gasteiger partial charge in [0.2, 0.25) is 0 Å². The van der Waals surface area contributed by atoms with Crippen molar-refractivity contribution in [3.63, 3.8) is 0 Å². The van der Waals surface area contributed by atoms with Crippen molar-refractivity contribution in [1.29, 1.82) is 0 Å². The molecule has 0 spiro atoms. The molecule has 3 rings (SSSR count). The molecule has 0 aliphatic heterocycles. The van der Waals surface area contributed by atoms with Crippen LogP contribution in [0.25, 0.3) is 0 Å². The first-order valence-corrected chi connectivity index (χ1v) is 6.30. The van der Waals surface area contributed by atoms with Crippen LogP contribution >= 0.6 is 0 Å². The fourth-order valence-electron chi connectivity index (χ4n) is 1.81. The van der Waals surface area contributed by atoms with Crippen LogP contribution < -0.4 is 5.32 Å². The van der Waals surface area contributed by atoms with Gasteiger partial charge in [-0.05, 0) is 17.7 Å². The minimum Gasteiger partial charge on any atom is -0.321 e. The zero-order valence-corrected chi connectivity index (χ0v) is 11.0. The number of nitrogens with zero attached hydrogens (tertiary/aromatic N) is 5. The van der Waals surface area contributed by atoms with E-state index in [2.05, 4.69) is 25.4 Å². The van der Waals surface area contributed by atoms with Gasteiger partial charge in [0.1, 0.15) is 18.3 Å². The van der Waals surface area contributed by atoms with Gasteiger partial charge in [-0.1, -0.05) is 12.1 Å². The Hall–Kier alpha value is -3.09. The van der Waals surface area contributed by atoms with E-state index in [9.17, 15) is 4.79 Å². The molecule has 0 fully saturated rings. The van der Waals surface area contributed by atoms with Crippen LogP contribution in [0.3, 0.4) is 0 Å². The van der Waals surface area contributed by atoms with Crippen molar-refractivity contribution >= 4 is 11.6 Å². The zero-order valence-electron chi connectivity index (χ0n) is 11.0. The molecule has 0 bridgehead atoms. The highest BCUT2D eigenvalue weighted by molar-refractivity contribution is 6.02. The molecule has 0 saturated heterocycles.